The normalized spacial score (nSPS) is 19.3. The van der Waals surface area contributed by atoms with Gasteiger partial charge in [-0.25, -0.2) is 0 Å². The number of nitrogens with one attached hydrogen (secondary N) is 1. The van der Waals surface area contributed by atoms with Gasteiger partial charge in [-0.2, -0.15) is 4.98 Å². The Labute approximate surface area is 135 Å². The SMILES string of the molecule is CNC(C)Cc1noc(C2CC(=O)N(Cc3ccccc3)C2)n1. The number of nitrogens with zero attached hydrogens (tertiary/aromatic N) is 3. The highest BCUT2D eigenvalue weighted by atomic mass is 16.5. The summed E-state index contributed by atoms with van der Waals surface area (Å²) in [7, 11) is 1.91. The molecule has 0 aliphatic carbocycles. The largest absolute Gasteiger partial charge is 0.339 e. The Hall–Kier alpha value is -2.21. The standard InChI is InChI=1S/C17H22N4O2/c1-12(18-2)8-15-19-17(23-20-15)14-9-16(22)21(11-14)10-13-6-4-3-5-7-13/h3-7,12,14,18H,8-11H2,1-2H3. The van der Waals surface area contributed by atoms with Gasteiger partial charge < -0.3 is 14.7 Å². The van der Waals surface area contributed by atoms with E-state index in [0.717, 1.165) is 5.56 Å². The van der Waals surface area contributed by atoms with Crippen LogP contribution in [0.1, 0.15) is 36.5 Å². The van der Waals surface area contributed by atoms with Crippen LogP contribution < -0.4 is 5.32 Å². The Balaban J connectivity index is 1.63. The van der Waals surface area contributed by atoms with Gasteiger partial charge in [-0.15, -0.1) is 0 Å². The number of carbonyl (C=O) groups excluding carboxylic acids is 1. The molecular formula is C17H22N4O2. The van der Waals surface area contributed by atoms with Crippen LogP contribution in [0, 0.1) is 0 Å². The van der Waals surface area contributed by atoms with E-state index >= 15 is 0 Å². The van der Waals surface area contributed by atoms with Crippen LogP contribution in [0.4, 0.5) is 0 Å². The molecule has 2 unspecified atom stereocenters. The average molecular weight is 314 g/mol. The molecule has 1 aromatic carbocycles. The lowest BCUT2D eigenvalue weighted by atomic mass is 10.1. The first-order valence-electron chi connectivity index (χ1n) is 7.97. The van der Waals surface area contributed by atoms with Gasteiger partial charge in [-0.3, -0.25) is 4.79 Å². The summed E-state index contributed by atoms with van der Waals surface area (Å²) < 4.78 is 5.37. The molecule has 1 amide bonds. The molecule has 1 aliphatic rings. The lowest BCUT2D eigenvalue weighted by Crippen LogP contribution is -2.24. The predicted octanol–water partition coefficient (Wildman–Crippen LogP) is 1.74. The van der Waals surface area contributed by atoms with Crippen molar-refractivity contribution in [2.24, 2.45) is 0 Å². The van der Waals surface area contributed by atoms with Gasteiger partial charge in [0.05, 0.1) is 5.92 Å². The van der Waals surface area contributed by atoms with Crippen molar-refractivity contribution in [1.82, 2.24) is 20.4 Å². The van der Waals surface area contributed by atoms with E-state index in [2.05, 4.69) is 22.4 Å². The highest BCUT2D eigenvalue weighted by molar-refractivity contribution is 5.79. The van der Waals surface area contributed by atoms with Crippen LogP contribution >= 0.6 is 0 Å². The second-order valence-corrected chi connectivity index (χ2v) is 6.10. The Morgan fingerprint density at radius 2 is 2.17 bits per heavy atom. The first kappa shape index (κ1) is 15.7. The number of likely N-dealkylation sites (tertiary alicyclic amines) is 1. The Bertz CT molecular complexity index is 656. The van der Waals surface area contributed by atoms with E-state index in [1.54, 1.807) is 0 Å². The molecule has 2 heterocycles. The average Bonchev–Trinajstić information content (AvgIpc) is 3.16. The van der Waals surface area contributed by atoms with Gasteiger partial charge in [0.15, 0.2) is 5.82 Å². The van der Waals surface area contributed by atoms with Crippen molar-refractivity contribution in [1.29, 1.82) is 0 Å². The van der Waals surface area contributed by atoms with Crippen molar-refractivity contribution in [3.8, 4) is 0 Å². The minimum absolute atomic E-state index is 0.00245. The predicted molar refractivity (Wildman–Crippen MR) is 85.7 cm³/mol. The Morgan fingerprint density at radius 3 is 2.91 bits per heavy atom. The summed E-state index contributed by atoms with van der Waals surface area (Å²) in [4.78, 5) is 18.5. The van der Waals surface area contributed by atoms with E-state index in [4.69, 9.17) is 4.52 Å². The topological polar surface area (TPSA) is 71.3 Å². The van der Waals surface area contributed by atoms with E-state index in [0.29, 0.717) is 43.7 Å². The molecular weight excluding hydrogens is 292 g/mol. The molecule has 1 aromatic heterocycles. The van der Waals surface area contributed by atoms with Gasteiger partial charge in [-0.1, -0.05) is 35.5 Å². The van der Waals surface area contributed by atoms with Crippen molar-refractivity contribution < 1.29 is 9.32 Å². The molecule has 0 spiro atoms. The van der Waals surface area contributed by atoms with Crippen LogP contribution in [-0.4, -0.2) is 40.6 Å². The first-order chi connectivity index (χ1) is 11.2. The fourth-order valence-corrected chi connectivity index (χ4v) is 2.79. The van der Waals surface area contributed by atoms with Gasteiger partial charge in [0.1, 0.15) is 0 Å². The number of likely N-dealkylation sites (N-methyl/N-ethyl adjacent to an activating group) is 1. The molecule has 0 radical (unpaired) electrons. The third-order valence-corrected chi connectivity index (χ3v) is 4.25. The quantitative estimate of drug-likeness (QED) is 0.879. The molecule has 6 nitrogen and oxygen atoms in total. The molecule has 0 saturated carbocycles. The maximum absolute atomic E-state index is 12.2. The molecule has 1 aliphatic heterocycles. The molecule has 2 aromatic rings. The zero-order chi connectivity index (χ0) is 16.2. The number of amides is 1. The van der Waals surface area contributed by atoms with Gasteiger partial charge in [0, 0.05) is 32.0 Å². The number of aromatic nitrogens is 2. The zero-order valence-electron chi connectivity index (χ0n) is 13.5. The van der Waals surface area contributed by atoms with Crippen LogP contribution in [0.25, 0.3) is 0 Å². The summed E-state index contributed by atoms with van der Waals surface area (Å²) in [6, 6.07) is 10.3. The molecule has 122 valence electrons. The van der Waals surface area contributed by atoms with Gasteiger partial charge in [0.2, 0.25) is 11.8 Å². The van der Waals surface area contributed by atoms with E-state index in [9.17, 15) is 4.79 Å². The van der Waals surface area contributed by atoms with Crippen molar-refractivity contribution in [3.05, 3.63) is 47.6 Å². The van der Waals surface area contributed by atoms with Gasteiger partial charge in [-0.05, 0) is 19.5 Å². The molecule has 1 fully saturated rings. The van der Waals surface area contributed by atoms with Crippen LogP contribution in [0.15, 0.2) is 34.9 Å². The van der Waals surface area contributed by atoms with E-state index in [1.807, 2.05) is 42.3 Å². The van der Waals surface area contributed by atoms with Crippen LogP contribution in [0.3, 0.4) is 0 Å². The number of carbonyl (C=O) groups is 1. The zero-order valence-corrected chi connectivity index (χ0v) is 13.5. The summed E-state index contributed by atoms with van der Waals surface area (Å²) >= 11 is 0. The third-order valence-electron chi connectivity index (χ3n) is 4.25. The first-order valence-corrected chi connectivity index (χ1v) is 7.97. The van der Waals surface area contributed by atoms with Crippen LogP contribution in [0.2, 0.25) is 0 Å². The summed E-state index contributed by atoms with van der Waals surface area (Å²) in [6.07, 6.45) is 1.16. The molecule has 3 rings (SSSR count). The smallest absolute Gasteiger partial charge is 0.232 e. The highest BCUT2D eigenvalue weighted by Gasteiger charge is 2.34. The second kappa shape index (κ2) is 6.91. The lowest BCUT2D eigenvalue weighted by molar-refractivity contribution is -0.128. The second-order valence-electron chi connectivity index (χ2n) is 6.10. The monoisotopic (exact) mass is 314 g/mol. The molecule has 0 bridgehead atoms. The van der Waals surface area contributed by atoms with Gasteiger partial charge >= 0.3 is 0 Å². The summed E-state index contributed by atoms with van der Waals surface area (Å²) in [6.45, 7) is 3.33. The Kier molecular flexibility index (Phi) is 4.71. The maximum atomic E-state index is 12.2. The number of rotatable bonds is 6. The molecule has 6 heteroatoms. The maximum Gasteiger partial charge on any atom is 0.232 e. The van der Waals surface area contributed by atoms with Crippen molar-refractivity contribution in [2.75, 3.05) is 13.6 Å². The fraction of sp³-hybridized carbons (Fsp3) is 0.471. The third kappa shape index (κ3) is 3.76. The van der Waals surface area contributed by atoms with Crippen molar-refractivity contribution >= 4 is 5.91 Å². The van der Waals surface area contributed by atoms with Crippen LogP contribution in [0.5, 0.6) is 0 Å². The highest BCUT2D eigenvalue weighted by Crippen LogP contribution is 2.28. The van der Waals surface area contributed by atoms with Crippen molar-refractivity contribution in [3.63, 3.8) is 0 Å². The summed E-state index contributed by atoms with van der Waals surface area (Å²) in [5, 5.41) is 7.18. The number of hydrogen-bond acceptors (Lipinski definition) is 5. The van der Waals surface area contributed by atoms with Crippen LogP contribution in [-0.2, 0) is 17.8 Å². The molecule has 1 saturated heterocycles. The minimum Gasteiger partial charge on any atom is -0.339 e. The minimum atomic E-state index is -0.00245. The van der Waals surface area contributed by atoms with Crippen molar-refractivity contribution in [2.45, 2.75) is 38.3 Å². The Morgan fingerprint density at radius 1 is 1.39 bits per heavy atom. The fourth-order valence-electron chi connectivity index (χ4n) is 2.79. The van der Waals surface area contributed by atoms with Gasteiger partial charge in [0.25, 0.3) is 0 Å². The molecule has 1 N–H and O–H groups in total. The number of hydrogen-bond donors (Lipinski definition) is 1. The molecule has 23 heavy (non-hydrogen) atoms. The summed E-state index contributed by atoms with van der Waals surface area (Å²) in [5.41, 5.74) is 1.13. The summed E-state index contributed by atoms with van der Waals surface area (Å²) in [5.74, 6) is 1.41. The van der Waals surface area contributed by atoms with E-state index in [1.165, 1.54) is 0 Å². The van der Waals surface area contributed by atoms with E-state index < -0.39 is 0 Å². The van der Waals surface area contributed by atoms with E-state index in [-0.39, 0.29) is 11.8 Å². The number of benzene rings is 1. The lowest BCUT2D eigenvalue weighted by Gasteiger charge is -2.15. The molecule has 2 atom stereocenters.